The Morgan fingerprint density at radius 3 is 2.69 bits per heavy atom. The lowest BCUT2D eigenvalue weighted by Gasteiger charge is -2.22. The van der Waals surface area contributed by atoms with E-state index in [0.717, 1.165) is 36.4 Å². The molecule has 7 heteroatoms. The average Bonchev–Trinajstić information content (AvgIpc) is 3.08. The molecule has 1 saturated heterocycles. The summed E-state index contributed by atoms with van der Waals surface area (Å²) in [7, 11) is 3.50. The van der Waals surface area contributed by atoms with Crippen molar-refractivity contribution in [3.8, 4) is 0 Å². The quantitative estimate of drug-likeness (QED) is 0.544. The Kier molecular flexibility index (Phi) is 7.75. The lowest BCUT2D eigenvalue weighted by molar-refractivity contribution is -0.127. The molecular weight excluding hydrogens is 394 g/mol. The molecule has 0 bridgehead atoms. The molecule has 2 N–H and O–H groups in total. The number of nitrogens with zero attached hydrogens (tertiary/aromatic N) is 3. The van der Waals surface area contributed by atoms with Gasteiger partial charge in [-0.25, -0.2) is 4.99 Å². The Morgan fingerprint density at radius 1 is 1.38 bits per heavy atom. The molecule has 0 aromatic heterocycles. The molecule has 2 unspecified atom stereocenters. The van der Waals surface area contributed by atoms with Crippen molar-refractivity contribution in [2.24, 2.45) is 4.99 Å². The van der Waals surface area contributed by atoms with Gasteiger partial charge in [0.05, 0.1) is 0 Å². The van der Waals surface area contributed by atoms with Crippen molar-refractivity contribution in [1.82, 2.24) is 15.5 Å². The number of hydrogen-bond donors (Lipinski definition) is 2. The molecule has 1 fully saturated rings. The van der Waals surface area contributed by atoms with E-state index in [1.807, 2.05) is 0 Å². The van der Waals surface area contributed by atoms with Crippen LogP contribution in [-0.2, 0) is 4.79 Å². The standard InChI is InChI=1S/C19H30BrN5O/c1-5-14(2)22-19(21-12-18(26)24(3)4)23-16-10-11-25(13-16)17-8-6-15(20)7-9-17/h6-9,14,16H,5,10-13H2,1-4H3,(H2,21,22,23). The van der Waals surface area contributed by atoms with Crippen LogP contribution in [0.25, 0.3) is 0 Å². The number of amides is 1. The van der Waals surface area contributed by atoms with Gasteiger partial charge in [-0.05, 0) is 44.0 Å². The first-order valence-corrected chi connectivity index (χ1v) is 9.96. The number of guanidine groups is 1. The molecule has 26 heavy (non-hydrogen) atoms. The van der Waals surface area contributed by atoms with E-state index in [1.165, 1.54) is 5.69 Å². The number of carbonyl (C=O) groups is 1. The van der Waals surface area contributed by atoms with Crippen LogP contribution in [0.3, 0.4) is 0 Å². The number of carbonyl (C=O) groups excluding carboxylic acids is 1. The summed E-state index contributed by atoms with van der Waals surface area (Å²) in [6.07, 6.45) is 2.04. The fraction of sp³-hybridized carbons (Fsp3) is 0.579. The Bertz CT molecular complexity index is 617. The van der Waals surface area contributed by atoms with E-state index in [9.17, 15) is 4.79 Å². The number of rotatable bonds is 6. The van der Waals surface area contributed by atoms with Gasteiger partial charge in [0.25, 0.3) is 0 Å². The van der Waals surface area contributed by atoms with Crippen LogP contribution in [0.1, 0.15) is 26.7 Å². The molecule has 6 nitrogen and oxygen atoms in total. The summed E-state index contributed by atoms with van der Waals surface area (Å²) in [5.74, 6) is 0.718. The van der Waals surface area contributed by atoms with Gasteiger partial charge in [0, 0.05) is 49.4 Å². The SMILES string of the molecule is CCC(C)NC(=NCC(=O)N(C)C)NC1CCN(c2ccc(Br)cc2)C1. The molecule has 144 valence electrons. The summed E-state index contributed by atoms with van der Waals surface area (Å²) in [6, 6.07) is 9.02. The summed E-state index contributed by atoms with van der Waals surface area (Å²) in [5.41, 5.74) is 1.23. The van der Waals surface area contributed by atoms with E-state index in [4.69, 9.17) is 0 Å². The van der Waals surface area contributed by atoms with Crippen molar-refractivity contribution in [2.45, 2.75) is 38.8 Å². The molecule has 1 heterocycles. The van der Waals surface area contributed by atoms with E-state index >= 15 is 0 Å². The van der Waals surface area contributed by atoms with Crippen LogP contribution in [0, 0.1) is 0 Å². The lowest BCUT2D eigenvalue weighted by Crippen LogP contribution is -2.48. The third kappa shape index (κ3) is 6.20. The van der Waals surface area contributed by atoms with Gasteiger partial charge in [-0.2, -0.15) is 0 Å². The number of nitrogens with one attached hydrogen (secondary N) is 2. The lowest BCUT2D eigenvalue weighted by atomic mass is 10.2. The summed E-state index contributed by atoms with van der Waals surface area (Å²) in [4.78, 5) is 20.3. The molecule has 0 aliphatic carbocycles. The predicted molar refractivity (Wildman–Crippen MR) is 112 cm³/mol. The summed E-state index contributed by atoms with van der Waals surface area (Å²) >= 11 is 3.48. The number of benzene rings is 1. The maximum Gasteiger partial charge on any atom is 0.243 e. The molecule has 1 aliphatic heterocycles. The highest BCUT2D eigenvalue weighted by molar-refractivity contribution is 9.10. The number of aliphatic imine (C=N–C) groups is 1. The highest BCUT2D eigenvalue weighted by Crippen LogP contribution is 2.22. The van der Waals surface area contributed by atoms with Gasteiger partial charge >= 0.3 is 0 Å². The second-order valence-electron chi connectivity index (χ2n) is 6.96. The van der Waals surface area contributed by atoms with E-state index in [0.29, 0.717) is 12.1 Å². The third-order valence-electron chi connectivity index (χ3n) is 4.59. The maximum absolute atomic E-state index is 11.9. The second-order valence-corrected chi connectivity index (χ2v) is 7.87. The van der Waals surface area contributed by atoms with Crippen LogP contribution in [0.4, 0.5) is 5.69 Å². The number of anilines is 1. The smallest absolute Gasteiger partial charge is 0.243 e. The first-order chi connectivity index (χ1) is 12.4. The average molecular weight is 424 g/mol. The first kappa shape index (κ1) is 20.6. The van der Waals surface area contributed by atoms with Gasteiger partial charge in [-0.1, -0.05) is 22.9 Å². The Balaban J connectivity index is 1.97. The Morgan fingerprint density at radius 2 is 2.08 bits per heavy atom. The molecule has 0 saturated carbocycles. The van der Waals surface area contributed by atoms with Crippen molar-refractivity contribution in [3.05, 3.63) is 28.7 Å². The fourth-order valence-corrected chi connectivity index (χ4v) is 2.98. The zero-order valence-electron chi connectivity index (χ0n) is 16.1. The summed E-state index contributed by atoms with van der Waals surface area (Å²) in [6.45, 7) is 6.33. The highest BCUT2D eigenvalue weighted by Gasteiger charge is 2.24. The van der Waals surface area contributed by atoms with Gasteiger partial charge < -0.3 is 20.4 Å². The van der Waals surface area contributed by atoms with Crippen LogP contribution in [-0.4, -0.2) is 62.6 Å². The van der Waals surface area contributed by atoms with Crippen molar-refractivity contribution < 1.29 is 4.79 Å². The van der Waals surface area contributed by atoms with Gasteiger partial charge in [0.1, 0.15) is 6.54 Å². The highest BCUT2D eigenvalue weighted by atomic mass is 79.9. The number of hydrogen-bond acceptors (Lipinski definition) is 3. The van der Waals surface area contributed by atoms with E-state index < -0.39 is 0 Å². The van der Waals surface area contributed by atoms with Crippen LogP contribution < -0.4 is 15.5 Å². The molecule has 0 spiro atoms. The summed E-state index contributed by atoms with van der Waals surface area (Å²) in [5, 5.41) is 6.90. The minimum absolute atomic E-state index is 0.00170. The van der Waals surface area contributed by atoms with Crippen LogP contribution in [0.15, 0.2) is 33.7 Å². The monoisotopic (exact) mass is 423 g/mol. The predicted octanol–water partition coefficient (Wildman–Crippen LogP) is 2.45. The van der Waals surface area contributed by atoms with Crippen molar-refractivity contribution >= 4 is 33.5 Å². The zero-order valence-corrected chi connectivity index (χ0v) is 17.7. The second kappa shape index (κ2) is 9.80. The molecule has 1 aromatic carbocycles. The van der Waals surface area contributed by atoms with E-state index in [1.54, 1.807) is 19.0 Å². The largest absolute Gasteiger partial charge is 0.369 e. The maximum atomic E-state index is 11.9. The van der Waals surface area contributed by atoms with Crippen LogP contribution in [0.2, 0.25) is 0 Å². The topological polar surface area (TPSA) is 60.0 Å². The Labute approximate surface area is 165 Å². The fourth-order valence-electron chi connectivity index (χ4n) is 2.71. The van der Waals surface area contributed by atoms with Gasteiger partial charge in [-0.15, -0.1) is 0 Å². The van der Waals surface area contributed by atoms with E-state index in [-0.39, 0.29) is 12.5 Å². The van der Waals surface area contributed by atoms with Gasteiger partial charge in [0.15, 0.2) is 5.96 Å². The van der Waals surface area contributed by atoms with Crippen molar-refractivity contribution in [3.63, 3.8) is 0 Å². The molecule has 2 atom stereocenters. The minimum Gasteiger partial charge on any atom is -0.369 e. The first-order valence-electron chi connectivity index (χ1n) is 9.17. The van der Waals surface area contributed by atoms with Gasteiger partial charge in [0.2, 0.25) is 5.91 Å². The Hall–Kier alpha value is -1.76. The normalized spacial score (nSPS) is 18.6. The van der Waals surface area contributed by atoms with Crippen LogP contribution in [0.5, 0.6) is 0 Å². The van der Waals surface area contributed by atoms with Crippen molar-refractivity contribution in [2.75, 3.05) is 38.6 Å². The molecule has 1 amide bonds. The molecule has 2 rings (SSSR count). The number of halogens is 1. The molecular formula is C19H30BrN5O. The molecule has 0 radical (unpaired) electrons. The molecule has 1 aromatic rings. The summed E-state index contributed by atoms with van der Waals surface area (Å²) < 4.78 is 1.09. The molecule has 1 aliphatic rings. The van der Waals surface area contributed by atoms with E-state index in [2.05, 4.69) is 74.6 Å². The zero-order chi connectivity index (χ0) is 19.1. The minimum atomic E-state index is -0.00170. The number of likely N-dealkylation sites (N-methyl/N-ethyl adjacent to an activating group) is 1. The van der Waals surface area contributed by atoms with Crippen LogP contribution >= 0.6 is 15.9 Å². The third-order valence-corrected chi connectivity index (χ3v) is 5.12. The van der Waals surface area contributed by atoms with Crippen molar-refractivity contribution in [1.29, 1.82) is 0 Å². The van der Waals surface area contributed by atoms with Gasteiger partial charge in [-0.3, -0.25) is 4.79 Å².